The Morgan fingerprint density at radius 3 is 1.67 bits per heavy atom. The number of rotatable bonds is 2. The minimum atomic E-state index is -4.16. The SMILES string of the molecule is NC(N)(N)CP(=O)(O)O. The minimum absolute atomic E-state index is 0.708. The fourth-order valence-corrected chi connectivity index (χ4v) is 1.07. The van der Waals surface area contributed by atoms with Crippen molar-refractivity contribution in [1.82, 2.24) is 0 Å². The molecule has 0 saturated heterocycles. The van der Waals surface area contributed by atoms with Gasteiger partial charge in [0.2, 0.25) is 0 Å². The maximum Gasteiger partial charge on any atom is 0.330 e. The molecule has 0 aliphatic rings. The van der Waals surface area contributed by atoms with Gasteiger partial charge in [0.05, 0.1) is 6.16 Å². The summed E-state index contributed by atoms with van der Waals surface area (Å²) in [5, 5.41) is 0. The second-order valence-corrected chi connectivity index (χ2v) is 3.58. The molecule has 0 heterocycles. The van der Waals surface area contributed by atoms with Crippen LogP contribution in [0.5, 0.6) is 0 Å². The van der Waals surface area contributed by atoms with Crippen LogP contribution in [0.3, 0.4) is 0 Å². The van der Waals surface area contributed by atoms with E-state index < -0.39 is 19.5 Å². The first-order valence-corrected chi connectivity index (χ1v) is 3.92. The minimum Gasteiger partial charge on any atom is -0.324 e. The van der Waals surface area contributed by atoms with E-state index in [1.54, 1.807) is 0 Å². The van der Waals surface area contributed by atoms with Crippen molar-refractivity contribution in [1.29, 1.82) is 0 Å². The smallest absolute Gasteiger partial charge is 0.324 e. The van der Waals surface area contributed by atoms with E-state index >= 15 is 0 Å². The second-order valence-electron chi connectivity index (χ2n) is 1.94. The monoisotopic (exact) mass is 155 g/mol. The summed E-state index contributed by atoms with van der Waals surface area (Å²) >= 11 is 0. The van der Waals surface area contributed by atoms with Crippen LogP contribution in [0.25, 0.3) is 0 Å². The van der Waals surface area contributed by atoms with Crippen LogP contribution in [0.2, 0.25) is 0 Å². The third kappa shape index (κ3) is 8.03. The molecule has 0 radical (unpaired) electrons. The van der Waals surface area contributed by atoms with E-state index in [1.165, 1.54) is 0 Å². The van der Waals surface area contributed by atoms with E-state index in [1.807, 2.05) is 0 Å². The van der Waals surface area contributed by atoms with Crippen molar-refractivity contribution in [2.24, 2.45) is 17.2 Å². The van der Waals surface area contributed by atoms with Crippen LogP contribution < -0.4 is 17.2 Å². The van der Waals surface area contributed by atoms with Crippen LogP contribution in [0.15, 0.2) is 0 Å². The van der Waals surface area contributed by atoms with Gasteiger partial charge in [-0.3, -0.25) is 4.57 Å². The largest absolute Gasteiger partial charge is 0.330 e. The number of nitrogens with two attached hydrogens (primary N) is 3. The van der Waals surface area contributed by atoms with Gasteiger partial charge in [0.25, 0.3) is 0 Å². The zero-order valence-corrected chi connectivity index (χ0v) is 5.58. The summed E-state index contributed by atoms with van der Waals surface area (Å²) in [7, 11) is -4.16. The molecule has 0 aliphatic carbocycles. The summed E-state index contributed by atoms with van der Waals surface area (Å²) in [6.45, 7) is 0. The molecule has 8 N–H and O–H groups in total. The molecule has 0 aromatic carbocycles. The molecule has 56 valence electrons. The lowest BCUT2D eigenvalue weighted by molar-refractivity contribution is 0.353. The van der Waals surface area contributed by atoms with Gasteiger partial charge in [-0.25, -0.2) is 0 Å². The highest BCUT2D eigenvalue weighted by atomic mass is 31.2. The van der Waals surface area contributed by atoms with E-state index in [4.69, 9.17) is 27.0 Å². The molecule has 0 aromatic heterocycles. The Bertz CT molecular complexity index is 134. The fraction of sp³-hybridized carbons (Fsp3) is 1.00. The molecule has 0 fully saturated rings. The van der Waals surface area contributed by atoms with E-state index in [9.17, 15) is 4.57 Å². The van der Waals surface area contributed by atoms with Gasteiger partial charge in [0.1, 0.15) is 5.79 Å². The highest BCUT2D eigenvalue weighted by Crippen LogP contribution is 2.34. The zero-order valence-electron chi connectivity index (χ0n) is 4.69. The number of hydrogen-bond acceptors (Lipinski definition) is 4. The molecule has 6 nitrogen and oxygen atoms in total. The molecule has 0 rings (SSSR count). The van der Waals surface area contributed by atoms with Gasteiger partial charge in [-0.1, -0.05) is 0 Å². The molecule has 0 amide bonds. The van der Waals surface area contributed by atoms with Gasteiger partial charge < -0.3 is 27.0 Å². The molecular formula is C2H10N3O3P. The van der Waals surface area contributed by atoms with Gasteiger partial charge in [-0.2, -0.15) is 0 Å². The predicted molar refractivity (Wildman–Crippen MR) is 32.2 cm³/mol. The van der Waals surface area contributed by atoms with Crippen molar-refractivity contribution in [2.75, 3.05) is 6.16 Å². The van der Waals surface area contributed by atoms with Gasteiger partial charge in [-0.05, 0) is 0 Å². The van der Waals surface area contributed by atoms with Crippen molar-refractivity contribution < 1.29 is 14.4 Å². The maximum absolute atomic E-state index is 10.1. The normalized spacial score (nSPS) is 13.9. The van der Waals surface area contributed by atoms with Crippen molar-refractivity contribution in [3.8, 4) is 0 Å². The van der Waals surface area contributed by atoms with Crippen LogP contribution in [0, 0.1) is 0 Å². The zero-order chi connectivity index (χ0) is 7.71. The Morgan fingerprint density at radius 2 is 1.67 bits per heavy atom. The van der Waals surface area contributed by atoms with E-state index in [0.29, 0.717) is 0 Å². The van der Waals surface area contributed by atoms with E-state index in [-0.39, 0.29) is 0 Å². The lowest BCUT2D eigenvalue weighted by Gasteiger charge is -2.18. The summed E-state index contributed by atoms with van der Waals surface area (Å²) in [6, 6.07) is 0. The van der Waals surface area contributed by atoms with Gasteiger partial charge >= 0.3 is 7.60 Å². The van der Waals surface area contributed by atoms with Crippen LogP contribution in [-0.2, 0) is 4.57 Å². The Hall–Kier alpha value is 0.0300. The van der Waals surface area contributed by atoms with E-state index in [2.05, 4.69) is 0 Å². The average molecular weight is 155 g/mol. The highest BCUT2D eigenvalue weighted by Gasteiger charge is 2.24. The van der Waals surface area contributed by atoms with Crippen LogP contribution in [-0.4, -0.2) is 21.7 Å². The standard InChI is InChI=1S/C2H10N3O3P/c3-2(4,5)1-9(6,7)8/h1,3-5H2,(H2,6,7,8). The van der Waals surface area contributed by atoms with Crippen molar-refractivity contribution in [3.63, 3.8) is 0 Å². The summed E-state index contributed by atoms with van der Waals surface area (Å²) < 4.78 is 10.1. The third-order valence-corrected chi connectivity index (χ3v) is 1.44. The quantitative estimate of drug-likeness (QED) is 0.224. The highest BCUT2D eigenvalue weighted by molar-refractivity contribution is 7.51. The molecule has 7 heteroatoms. The third-order valence-electron chi connectivity index (χ3n) is 0.480. The molecule has 0 bridgehead atoms. The Kier molecular flexibility index (Phi) is 2.35. The van der Waals surface area contributed by atoms with Gasteiger partial charge in [-0.15, -0.1) is 0 Å². The summed E-state index contributed by atoms with van der Waals surface area (Å²) in [4.78, 5) is 16.4. The Labute approximate surface area is 52.2 Å². The lowest BCUT2D eigenvalue weighted by atomic mass is 10.5. The second kappa shape index (κ2) is 2.34. The first-order chi connectivity index (χ1) is 3.71. The lowest BCUT2D eigenvalue weighted by Crippen LogP contribution is -2.60. The van der Waals surface area contributed by atoms with Gasteiger partial charge in [0, 0.05) is 0 Å². The first-order valence-electron chi connectivity index (χ1n) is 2.12. The molecule has 0 unspecified atom stereocenters. The fourth-order valence-electron chi connectivity index (χ4n) is 0.357. The summed E-state index contributed by atoms with van der Waals surface area (Å²) in [5.41, 5.74) is 14.7. The van der Waals surface area contributed by atoms with Crippen molar-refractivity contribution >= 4 is 7.60 Å². The number of hydrogen-bond donors (Lipinski definition) is 5. The maximum atomic E-state index is 10.1. The molecule has 0 saturated carbocycles. The molecule has 0 aromatic rings. The topological polar surface area (TPSA) is 136 Å². The molecule has 0 atom stereocenters. The predicted octanol–water partition coefficient (Wildman–Crippen LogP) is -2.31. The average Bonchev–Trinajstić information content (AvgIpc) is 1.14. The Morgan fingerprint density at radius 1 is 1.33 bits per heavy atom. The van der Waals surface area contributed by atoms with Crippen LogP contribution >= 0.6 is 7.60 Å². The van der Waals surface area contributed by atoms with Crippen molar-refractivity contribution in [3.05, 3.63) is 0 Å². The Balaban J connectivity index is 3.90. The van der Waals surface area contributed by atoms with Crippen LogP contribution in [0.4, 0.5) is 0 Å². The first kappa shape index (κ1) is 9.03. The van der Waals surface area contributed by atoms with E-state index in [0.717, 1.165) is 0 Å². The molecule has 9 heavy (non-hydrogen) atoms. The summed E-state index contributed by atoms with van der Waals surface area (Å²) in [6.07, 6.45) is -0.708. The molecule has 0 spiro atoms. The molecular weight excluding hydrogens is 145 g/mol. The summed E-state index contributed by atoms with van der Waals surface area (Å²) in [5.74, 6) is -1.78. The van der Waals surface area contributed by atoms with Gasteiger partial charge in [0.15, 0.2) is 0 Å². The van der Waals surface area contributed by atoms with Crippen LogP contribution in [0.1, 0.15) is 0 Å². The van der Waals surface area contributed by atoms with Crippen molar-refractivity contribution in [2.45, 2.75) is 5.79 Å². The molecule has 0 aliphatic heterocycles.